The molecule has 3 heterocycles. The Morgan fingerprint density at radius 2 is 2.07 bits per heavy atom. The molecule has 7 nitrogen and oxygen atoms in total. The number of hydrogen-bond acceptors (Lipinski definition) is 6. The molecule has 3 rings (SSSR count). The predicted molar refractivity (Wildman–Crippen MR) is 98.3 cm³/mol. The van der Waals surface area contributed by atoms with E-state index in [0.717, 1.165) is 37.3 Å². The van der Waals surface area contributed by atoms with Crippen LogP contribution in [-0.2, 0) is 11.3 Å². The summed E-state index contributed by atoms with van der Waals surface area (Å²) in [5.41, 5.74) is 1.02. The second-order valence-electron chi connectivity index (χ2n) is 7.64. The Kier molecular flexibility index (Phi) is 5.84. The van der Waals surface area contributed by atoms with Crippen molar-refractivity contribution in [3.63, 3.8) is 0 Å². The number of pyridine rings is 1. The maximum absolute atomic E-state index is 13.8. The number of piperidine rings is 1. The Balaban J connectivity index is 1.55. The average molecular weight is 375 g/mol. The van der Waals surface area contributed by atoms with Crippen LogP contribution in [0, 0.1) is 0 Å². The number of rotatable bonds is 6. The van der Waals surface area contributed by atoms with Crippen molar-refractivity contribution in [3.8, 4) is 0 Å². The highest BCUT2D eigenvalue weighted by Gasteiger charge is 2.27. The summed E-state index contributed by atoms with van der Waals surface area (Å²) in [6, 6.07) is 3.47. The Hall–Kier alpha value is -2.35. The van der Waals surface area contributed by atoms with Gasteiger partial charge in [0.1, 0.15) is 5.67 Å². The van der Waals surface area contributed by atoms with Gasteiger partial charge in [0.2, 0.25) is 0 Å². The van der Waals surface area contributed by atoms with E-state index < -0.39 is 11.6 Å². The number of likely N-dealkylation sites (tertiary alicyclic amines) is 1. The van der Waals surface area contributed by atoms with Crippen molar-refractivity contribution in [1.82, 2.24) is 24.9 Å². The number of halogens is 1. The van der Waals surface area contributed by atoms with Gasteiger partial charge in [-0.25, -0.2) is 13.9 Å². The fraction of sp³-hybridized carbons (Fsp3) is 0.579. The lowest BCUT2D eigenvalue weighted by atomic mass is 9.93. The highest BCUT2D eigenvalue weighted by atomic mass is 19.1. The van der Waals surface area contributed by atoms with E-state index >= 15 is 0 Å². The van der Waals surface area contributed by atoms with Crippen LogP contribution >= 0.6 is 0 Å². The van der Waals surface area contributed by atoms with Gasteiger partial charge in [-0.2, -0.15) is 0 Å². The van der Waals surface area contributed by atoms with Crippen LogP contribution in [0.15, 0.2) is 24.5 Å². The van der Waals surface area contributed by atoms with E-state index in [0.29, 0.717) is 24.6 Å². The number of esters is 1. The van der Waals surface area contributed by atoms with Gasteiger partial charge in [-0.15, -0.1) is 5.10 Å². The van der Waals surface area contributed by atoms with Crippen molar-refractivity contribution >= 4 is 5.97 Å². The molecule has 146 valence electrons. The molecule has 0 N–H and O–H groups in total. The normalized spacial score (nSPS) is 16.4. The van der Waals surface area contributed by atoms with Crippen molar-refractivity contribution in [2.45, 2.75) is 44.8 Å². The molecule has 2 aromatic heterocycles. The first-order valence-electron chi connectivity index (χ1n) is 9.18. The molecule has 27 heavy (non-hydrogen) atoms. The van der Waals surface area contributed by atoms with Crippen molar-refractivity contribution in [1.29, 1.82) is 0 Å². The number of alkyl halides is 1. The number of carbonyl (C=O) groups is 1. The van der Waals surface area contributed by atoms with E-state index in [9.17, 15) is 9.18 Å². The van der Waals surface area contributed by atoms with Crippen LogP contribution in [0.2, 0.25) is 0 Å². The topological polar surface area (TPSA) is 73.1 Å². The smallest absolute Gasteiger partial charge is 0.339 e. The van der Waals surface area contributed by atoms with Crippen molar-refractivity contribution in [3.05, 3.63) is 41.5 Å². The van der Waals surface area contributed by atoms with Crippen LogP contribution in [0.5, 0.6) is 0 Å². The van der Waals surface area contributed by atoms with Crippen LogP contribution < -0.4 is 0 Å². The number of carbonyl (C=O) groups excluding carboxylic acids is 1. The molecule has 0 saturated carbocycles. The molecule has 0 atom stereocenters. The quantitative estimate of drug-likeness (QED) is 0.722. The molecule has 1 fully saturated rings. The molecule has 0 amide bonds. The van der Waals surface area contributed by atoms with E-state index in [4.69, 9.17) is 0 Å². The predicted octanol–water partition coefficient (Wildman–Crippen LogP) is 2.44. The standard InChI is InChI=1S/C19H26FN5O2/c1-19(2,20)13-24-8-6-14(7-9-24)17-12-25(23-22-17)11-16-5-4-15(10-21-16)18(26)27-3/h4-5,10,12,14H,6-9,11,13H2,1-3H3. The molecule has 8 heteroatoms. The zero-order valence-corrected chi connectivity index (χ0v) is 16.1. The summed E-state index contributed by atoms with van der Waals surface area (Å²) in [7, 11) is 1.34. The summed E-state index contributed by atoms with van der Waals surface area (Å²) >= 11 is 0. The second-order valence-corrected chi connectivity index (χ2v) is 7.64. The van der Waals surface area contributed by atoms with Gasteiger partial charge < -0.3 is 9.64 Å². The van der Waals surface area contributed by atoms with Crippen molar-refractivity contribution in [2.75, 3.05) is 26.7 Å². The Labute approximate surface area is 158 Å². The zero-order valence-electron chi connectivity index (χ0n) is 16.1. The third-order valence-corrected chi connectivity index (χ3v) is 4.73. The zero-order chi connectivity index (χ0) is 19.4. The second kappa shape index (κ2) is 8.12. The molecule has 1 aliphatic heterocycles. The van der Waals surface area contributed by atoms with Gasteiger partial charge in [-0.3, -0.25) is 4.98 Å². The van der Waals surface area contributed by atoms with E-state index in [-0.39, 0.29) is 0 Å². The lowest BCUT2D eigenvalue weighted by Crippen LogP contribution is -2.40. The summed E-state index contributed by atoms with van der Waals surface area (Å²) in [5, 5.41) is 8.51. The van der Waals surface area contributed by atoms with Crippen molar-refractivity contribution < 1.29 is 13.9 Å². The number of ether oxygens (including phenoxy) is 1. The van der Waals surface area contributed by atoms with Gasteiger partial charge in [0.25, 0.3) is 0 Å². The Morgan fingerprint density at radius 3 is 2.67 bits per heavy atom. The van der Waals surface area contributed by atoms with Gasteiger partial charge in [0.05, 0.1) is 30.6 Å². The monoisotopic (exact) mass is 375 g/mol. The van der Waals surface area contributed by atoms with Crippen LogP contribution in [0.25, 0.3) is 0 Å². The number of methoxy groups -OCH3 is 1. The Morgan fingerprint density at radius 1 is 1.33 bits per heavy atom. The minimum atomic E-state index is -1.16. The lowest BCUT2D eigenvalue weighted by molar-refractivity contribution is 0.0600. The van der Waals surface area contributed by atoms with Crippen LogP contribution in [0.4, 0.5) is 4.39 Å². The number of hydrogen-bond donors (Lipinski definition) is 0. The minimum absolute atomic E-state index is 0.354. The van der Waals surface area contributed by atoms with Gasteiger partial charge in [0.15, 0.2) is 0 Å². The maximum atomic E-state index is 13.8. The van der Waals surface area contributed by atoms with E-state index in [1.807, 2.05) is 6.20 Å². The molecule has 2 aromatic rings. The number of aromatic nitrogens is 4. The van der Waals surface area contributed by atoms with E-state index in [2.05, 4.69) is 24.9 Å². The van der Waals surface area contributed by atoms with Gasteiger partial charge >= 0.3 is 5.97 Å². The first-order chi connectivity index (χ1) is 12.8. The molecule has 1 saturated heterocycles. The first-order valence-corrected chi connectivity index (χ1v) is 9.18. The van der Waals surface area contributed by atoms with Crippen molar-refractivity contribution in [2.24, 2.45) is 0 Å². The third kappa shape index (κ3) is 5.32. The Bertz CT molecular complexity index is 761. The lowest BCUT2D eigenvalue weighted by Gasteiger charge is -2.33. The van der Waals surface area contributed by atoms with Gasteiger partial charge in [-0.1, -0.05) is 5.21 Å². The minimum Gasteiger partial charge on any atom is -0.465 e. The summed E-state index contributed by atoms with van der Waals surface area (Å²) in [5.74, 6) is -0.0491. The van der Waals surface area contributed by atoms with E-state index in [1.165, 1.54) is 13.3 Å². The summed E-state index contributed by atoms with van der Waals surface area (Å²) < 4.78 is 20.2. The highest BCUT2D eigenvalue weighted by Crippen LogP contribution is 2.27. The number of nitrogens with zero attached hydrogens (tertiary/aromatic N) is 5. The molecule has 0 aromatic carbocycles. The molecule has 0 radical (unpaired) electrons. The first kappa shape index (κ1) is 19.4. The SMILES string of the molecule is COC(=O)c1ccc(Cn2cc(C3CCN(CC(C)(C)F)CC3)nn2)nc1. The fourth-order valence-electron chi connectivity index (χ4n) is 3.42. The summed E-state index contributed by atoms with van der Waals surface area (Å²) in [4.78, 5) is 17.9. The molecule has 0 bridgehead atoms. The molecule has 1 aliphatic rings. The van der Waals surface area contributed by atoms with Crippen LogP contribution in [0.3, 0.4) is 0 Å². The summed E-state index contributed by atoms with van der Waals surface area (Å²) in [6.45, 7) is 5.96. The van der Waals surface area contributed by atoms with E-state index in [1.54, 1.807) is 30.7 Å². The summed E-state index contributed by atoms with van der Waals surface area (Å²) in [6.07, 6.45) is 5.37. The molecule has 0 unspecified atom stereocenters. The largest absolute Gasteiger partial charge is 0.465 e. The highest BCUT2D eigenvalue weighted by molar-refractivity contribution is 5.88. The van der Waals surface area contributed by atoms with Gasteiger partial charge in [-0.05, 0) is 51.9 Å². The average Bonchev–Trinajstić information content (AvgIpc) is 3.09. The third-order valence-electron chi connectivity index (χ3n) is 4.73. The van der Waals surface area contributed by atoms with Gasteiger partial charge in [0, 0.05) is 24.9 Å². The fourth-order valence-corrected chi connectivity index (χ4v) is 3.42. The molecular weight excluding hydrogens is 349 g/mol. The van der Waals surface area contributed by atoms with Crippen LogP contribution in [-0.4, -0.2) is 63.3 Å². The van der Waals surface area contributed by atoms with Crippen LogP contribution in [0.1, 0.15) is 54.4 Å². The molecular formula is C19H26FN5O2. The molecule has 0 spiro atoms. The maximum Gasteiger partial charge on any atom is 0.339 e. The molecule has 0 aliphatic carbocycles.